The second-order valence-corrected chi connectivity index (χ2v) is 7.71. The number of benzene rings is 1. The summed E-state index contributed by atoms with van der Waals surface area (Å²) in [6, 6.07) is 7.03. The first kappa shape index (κ1) is 15.8. The minimum Gasteiger partial charge on any atom is -0.317 e. The summed E-state index contributed by atoms with van der Waals surface area (Å²) in [6.07, 6.45) is 3.80. The molecule has 6 heteroatoms. The Labute approximate surface area is 126 Å². The lowest BCUT2D eigenvalue weighted by atomic mass is 9.91. The minimum atomic E-state index is -3.46. The van der Waals surface area contributed by atoms with Crippen molar-refractivity contribution in [1.29, 1.82) is 0 Å². The van der Waals surface area contributed by atoms with E-state index in [4.69, 9.17) is 11.6 Å². The Morgan fingerprint density at radius 1 is 1.25 bits per heavy atom. The molecule has 0 spiro atoms. The van der Waals surface area contributed by atoms with Crippen LogP contribution in [0, 0.1) is 0 Å². The van der Waals surface area contributed by atoms with Gasteiger partial charge in [0.15, 0.2) is 0 Å². The normalized spacial score (nSPS) is 24.0. The van der Waals surface area contributed by atoms with E-state index < -0.39 is 10.0 Å². The van der Waals surface area contributed by atoms with Gasteiger partial charge in [-0.05, 0) is 50.9 Å². The summed E-state index contributed by atoms with van der Waals surface area (Å²) in [7, 11) is 0.166. The van der Waals surface area contributed by atoms with E-state index in [1.54, 1.807) is 25.2 Å². The van der Waals surface area contributed by atoms with Crippen LogP contribution in [-0.2, 0) is 10.0 Å². The van der Waals surface area contributed by atoms with Gasteiger partial charge in [-0.15, -0.1) is 0 Å². The van der Waals surface area contributed by atoms with Crippen LogP contribution in [0.3, 0.4) is 0 Å². The van der Waals surface area contributed by atoms with E-state index in [1.165, 1.54) is 10.4 Å². The number of hydrogen-bond acceptors (Lipinski definition) is 3. The lowest BCUT2D eigenvalue weighted by Crippen LogP contribution is -2.42. The number of nitrogens with zero attached hydrogens (tertiary/aromatic N) is 1. The van der Waals surface area contributed by atoms with Crippen LogP contribution in [0.5, 0.6) is 0 Å². The third kappa shape index (κ3) is 3.34. The molecule has 4 nitrogen and oxygen atoms in total. The molecule has 1 aliphatic carbocycles. The Kier molecular flexibility index (Phi) is 5.07. The molecular formula is C14H21ClN2O2S. The van der Waals surface area contributed by atoms with E-state index in [-0.39, 0.29) is 10.9 Å². The van der Waals surface area contributed by atoms with Crippen LogP contribution >= 0.6 is 11.6 Å². The van der Waals surface area contributed by atoms with Crippen LogP contribution in [-0.4, -0.2) is 38.9 Å². The molecule has 0 radical (unpaired) electrons. The van der Waals surface area contributed by atoms with E-state index in [0.29, 0.717) is 11.1 Å². The van der Waals surface area contributed by atoms with E-state index in [2.05, 4.69) is 5.32 Å². The molecule has 0 bridgehead atoms. The molecule has 2 rings (SSSR count). The third-order valence-corrected chi connectivity index (χ3v) is 6.23. The maximum Gasteiger partial charge on any atom is 0.243 e. The smallest absolute Gasteiger partial charge is 0.243 e. The van der Waals surface area contributed by atoms with Crippen molar-refractivity contribution in [1.82, 2.24) is 9.62 Å². The van der Waals surface area contributed by atoms with Gasteiger partial charge in [0.1, 0.15) is 0 Å². The first-order valence-electron chi connectivity index (χ1n) is 6.86. The zero-order valence-electron chi connectivity index (χ0n) is 11.8. The molecule has 0 atom stereocenters. The van der Waals surface area contributed by atoms with Crippen molar-refractivity contribution in [2.45, 2.75) is 42.7 Å². The maximum absolute atomic E-state index is 12.6. The summed E-state index contributed by atoms with van der Waals surface area (Å²) in [5.41, 5.74) is 0. The Morgan fingerprint density at radius 2 is 1.90 bits per heavy atom. The van der Waals surface area contributed by atoms with Crippen molar-refractivity contribution in [2.75, 3.05) is 14.1 Å². The standard InChI is InChI=1S/C14H21ClN2O2S/c1-16-12-6-8-13(9-7-12)17(2)20(18,19)14-5-3-4-11(15)10-14/h3-5,10,12-13,16H,6-9H2,1-2H3. The average Bonchev–Trinajstić information content (AvgIpc) is 2.46. The molecule has 0 amide bonds. The van der Waals surface area contributed by atoms with Crippen LogP contribution in [0.4, 0.5) is 0 Å². The Balaban J connectivity index is 2.14. The van der Waals surface area contributed by atoms with Crippen LogP contribution in [0.2, 0.25) is 5.02 Å². The molecule has 112 valence electrons. The maximum atomic E-state index is 12.6. The van der Waals surface area contributed by atoms with Gasteiger partial charge in [0.25, 0.3) is 0 Å². The summed E-state index contributed by atoms with van der Waals surface area (Å²) in [4.78, 5) is 0.267. The number of rotatable bonds is 4. The molecule has 1 aromatic carbocycles. The molecule has 0 unspecified atom stereocenters. The van der Waals surface area contributed by atoms with E-state index in [1.807, 2.05) is 7.05 Å². The van der Waals surface area contributed by atoms with Crippen molar-refractivity contribution in [2.24, 2.45) is 0 Å². The summed E-state index contributed by atoms with van der Waals surface area (Å²) in [5, 5.41) is 3.70. The second kappa shape index (κ2) is 6.43. The zero-order valence-corrected chi connectivity index (χ0v) is 13.4. The topological polar surface area (TPSA) is 49.4 Å². The monoisotopic (exact) mass is 316 g/mol. The highest BCUT2D eigenvalue weighted by atomic mass is 35.5. The molecule has 1 fully saturated rings. The number of nitrogens with one attached hydrogen (secondary N) is 1. The number of hydrogen-bond donors (Lipinski definition) is 1. The highest BCUT2D eigenvalue weighted by Gasteiger charge is 2.31. The first-order chi connectivity index (χ1) is 9.45. The predicted octanol–water partition coefficient (Wildman–Crippen LogP) is 2.49. The van der Waals surface area contributed by atoms with Gasteiger partial charge >= 0.3 is 0 Å². The van der Waals surface area contributed by atoms with Gasteiger partial charge < -0.3 is 5.32 Å². The second-order valence-electron chi connectivity index (χ2n) is 5.27. The van der Waals surface area contributed by atoms with Gasteiger partial charge in [-0.1, -0.05) is 17.7 Å². The van der Waals surface area contributed by atoms with Gasteiger partial charge in [-0.25, -0.2) is 8.42 Å². The largest absolute Gasteiger partial charge is 0.317 e. The molecule has 20 heavy (non-hydrogen) atoms. The fourth-order valence-electron chi connectivity index (χ4n) is 2.72. The average molecular weight is 317 g/mol. The first-order valence-corrected chi connectivity index (χ1v) is 8.68. The minimum absolute atomic E-state index is 0.0728. The highest BCUT2D eigenvalue weighted by Crippen LogP contribution is 2.27. The summed E-state index contributed by atoms with van der Waals surface area (Å²) in [6.45, 7) is 0. The molecule has 0 aromatic heterocycles. The van der Waals surface area contributed by atoms with Crippen LogP contribution in [0.15, 0.2) is 29.2 Å². The van der Waals surface area contributed by atoms with E-state index in [9.17, 15) is 8.42 Å². The molecule has 1 aromatic rings. The van der Waals surface area contributed by atoms with Gasteiger partial charge in [0.2, 0.25) is 10.0 Å². The lowest BCUT2D eigenvalue weighted by Gasteiger charge is -2.33. The van der Waals surface area contributed by atoms with Crippen molar-refractivity contribution in [3.05, 3.63) is 29.3 Å². The van der Waals surface area contributed by atoms with E-state index in [0.717, 1.165) is 25.7 Å². The summed E-state index contributed by atoms with van der Waals surface area (Å²) >= 11 is 5.89. The van der Waals surface area contributed by atoms with Crippen molar-refractivity contribution in [3.8, 4) is 0 Å². The SMILES string of the molecule is CNC1CCC(N(C)S(=O)(=O)c2cccc(Cl)c2)CC1. The quantitative estimate of drug-likeness (QED) is 0.928. The molecular weight excluding hydrogens is 296 g/mol. The Bertz CT molecular complexity index is 554. The molecule has 0 aliphatic heterocycles. The summed E-state index contributed by atoms with van der Waals surface area (Å²) in [5.74, 6) is 0. The molecule has 0 saturated heterocycles. The van der Waals surface area contributed by atoms with Crippen LogP contribution < -0.4 is 5.32 Å². The van der Waals surface area contributed by atoms with Gasteiger partial charge in [0, 0.05) is 24.2 Å². The van der Waals surface area contributed by atoms with Crippen molar-refractivity contribution in [3.63, 3.8) is 0 Å². The predicted molar refractivity (Wildman–Crippen MR) is 81.5 cm³/mol. The molecule has 1 saturated carbocycles. The van der Waals surface area contributed by atoms with Gasteiger partial charge in [0.05, 0.1) is 4.90 Å². The highest BCUT2D eigenvalue weighted by molar-refractivity contribution is 7.89. The fourth-order valence-corrected chi connectivity index (χ4v) is 4.44. The van der Waals surface area contributed by atoms with Crippen molar-refractivity contribution < 1.29 is 8.42 Å². The third-order valence-electron chi connectivity index (χ3n) is 4.09. The Hall–Kier alpha value is -0.620. The van der Waals surface area contributed by atoms with Gasteiger partial charge in [-0.2, -0.15) is 4.31 Å². The molecule has 1 aliphatic rings. The Morgan fingerprint density at radius 3 is 2.45 bits per heavy atom. The van der Waals surface area contributed by atoms with Crippen LogP contribution in [0.25, 0.3) is 0 Å². The molecule has 1 N–H and O–H groups in total. The molecule has 0 heterocycles. The van der Waals surface area contributed by atoms with Crippen molar-refractivity contribution >= 4 is 21.6 Å². The summed E-state index contributed by atoms with van der Waals surface area (Å²) < 4.78 is 26.7. The van der Waals surface area contributed by atoms with E-state index >= 15 is 0 Å². The number of halogens is 1. The number of sulfonamides is 1. The lowest BCUT2D eigenvalue weighted by molar-refractivity contribution is 0.255. The fraction of sp³-hybridized carbons (Fsp3) is 0.571. The zero-order chi connectivity index (χ0) is 14.8. The van der Waals surface area contributed by atoms with Crippen LogP contribution in [0.1, 0.15) is 25.7 Å². The van der Waals surface area contributed by atoms with Gasteiger partial charge in [-0.3, -0.25) is 0 Å².